The second-order valence-corrected chi connectivity index (χ2v) is 4.61. The highest BCUT2D eigenvalue weighted by molar-refractivity contribution is 6.42. The fourth-order valence-electron chi connectivity index (χ4n) is 1.84. The molecule has 0 unspecified atom stereocenters. The molecule has 1 heterocycles. The van der Waals surface area contributed by atoms with Gasteiger partial charge in [0.25, 0.3) is 0 Å². The molecule has 0 saturated heterocycles. The Kier molecular flexibility index (Phi) is 2.96. The van der Waals surface area contributed by atoms with E-state index in [0.717, 1.165) is 22.5 Å². The zero-order valence-electron chi connectivity index (χ0n) is 9.38. The summed E-state index contributed by atoms with van der Waals surface area (Å²) in [4.78, 5) is 0. The molecule has 0 aliphatic rings. The van der Waals surface area contributed by atoms with E-state index < -0.39 is 0 Å². The number of nitrogens with zero attached hydrogens (tertiary/aromatic N) is 2. The van der Waals surface area contributed by atoms with Crippen molar-refractivity contribution in [1.29, 1.82) is 0 Å². The topological polar surface area (TPSA) is 17.8 Å². The summed E-state index contributed by atoms with van der Waals surface area (Å²) in [6.45, 7) is 4.03. The Morgan fingerprint density at radius 1 is 1.12 bits per heavy atom. The van der Waals surface area contributed by atoms with Crippen LogP contribution in [-0.2, 0) is 7.05 Å². The summed E-state index contributed by atoms with van der Waals surface area (Å²) in [5.41, 5.74) is 4.30. The van der Waals surface area contributed by atoms with Gasteiger partial charge in [-0.15, -0.1) is 0 Å². The van der Waals surface area contributed by atoms with Crippen LogP contribution in [0.1, 0.15) is 11.4 Å². The predicted molar refractivity (Wildman–Crippen MR) is 68.1 cm³/mol. The van der Waals surface area contributed by atoms with E-state index in [1.165, 1.54) is 0 Å². The first kappa shape index (κ1) is 11.5. The van der Waals surface area contributed by atoms with Gasteiger partial charge in [0.2, 0.25) is 0 Å². The minimum atomic E-state index is 0.571. The smallest absolute Gasteiger partial charge is 0.0674 e. The Hall–Kier alpha value is -0.990. The van der Waals surface area contributed by atoms with E-state index in [9.17, 15) is 0 Å². The first-order chi connectivity index (χ1) is 7.50. The lowest BCUT2D eigenvalue weighted by molar-refractivity contribution is 0.731. The van der Waals surface area contributed by atoms with E-state index in [2.05, 4.69) is 5.10 Å². The molecule has 4 heteroatoms. The molecule has 0 aliphatic heterocycles. The lowest BCUT2D eigenvalue weighted by Gasteiger charge is -2.04. The van der Waals surface area contributed by atoms with Crippen molar-refractivity contribution in [2.24, 2.45) is 7.05 Å². The Labute approximate surface area is 105 Å². The molecule has 0 aliphatic carbocycles. The first-order valence-corrected chi connectivity index (χ1v) is 5.72. The lowest BCUT2D eigenvalue weighted by atomic mass is 10.0. The third-order valence-electron chi connectivity index (χ3n) is 2.72. The summed E-state index contributed by atoms with van der Waals surface area (Å²) in [5, 5.41) is 5.52. The molecule has 2 nitrogen and oxygen atoms in total. The van der Waals surface area contributed by atoms with Crippen LogP contribution in [0, 0.1) is 13.8 Å². The molecule has 1 aromatic heterocycles. The minimum Gasteiger partial charge on any atom is -0.272 e. The van der Waals surface area contributed by atoms with Gasteiger partial charge in [0.15, 0.2) is 0 Å². The summed E-state index contributed by atoms with van der Waals surface area (Å²) in [5.74, 6) is 0. The molecule has 0 saturated carbocycles. The monoisotopic (exact) mass is 254 g/mol. The zero-order chi connectivity index (χ0) is 11.9. The molecule has 2 rings (SSSR count). The van der Waals surface area contributed by atoms with Crippen LogP contribution in [0.5, 0.6) is 0 Å². The van der Waals surface area contributed by atoms with E-state index in [4.69, 9.17) is 23.2 Å². The standard InChI is InChI=1S/C12H12Cl2N2/c1-7-12(8(2)16(3)15-7)9-4-5-10(13)11(14)6-9/h4-6H,1-3H3. The summed E-state index contributed by atoms with van der Waals surface area (Å²) in [7, 11) is 1.93. The molecule has 0 bridgehead atoms. The second-order valence-electron chi connectivity index (χ2n) is 3.80. The number of benzene rings is 1. The predicted octanol–water partition coefficient (Wildman–Crippen LogP) is 4.01. The van der Waals surface area contributed by atoms with Crippen LogP contribution in [-0.4, -0.2) is 9.78 Å². The number of hydrogen-bond acceptors (Lipinski definition) is 1. The van der Waals surface area contributed by atoms with Gasteiger partial charge < -0.3 is 0 Å². The van der Waals surface area contributed by atoms with Gasteiger partial charge in [-0.05, 0) is 31.5 Å². The van der Waals surface area contributed by atoms with Gasteiger partial charge in [-0.1, -0.05) is 29.3 Å². The molecular weight excluding hydrogens is 243 g/mol. The van der Waals surface area contributed by atoms with E-state index in [1.54, 1.807) is 0 Å². The van der Waals surface area contributed by atoms with Crippen LogP contribution in [0.3, 0.4) is 0 Å². The van der Waals surface area contributed by atoms with Gasteiger partial charge in [-0.3, -0.25) is 4.68 Å². The van der Waals surface area contributed by atoms with Crippen molar-refractivity contribution in [2.45, 2.75) is 13.8 Å². The van der Waals surface area contributed by atoms with Crippen molar-refractivity contribution in [3.05, 3.63) is 39.6 Å². The summed E-state index contributed by atoms with van der Waals surface area (Å²) >= 11 is 11.9. The number of rotatable bonds is 1. The quantitative estimate of drug-likeness (QED) is 0.752. The minimum absolute atomic E-state index is 0.571. The van der Waals surface area contributed by atoms with Crippen LogP contribution in [0.25, 0.3) is 11.1 Å². The number of aryl methyl sites for hydroxylation is 2. The normalized spacial score (nSPS) is 10.8. The fraction of sp³-hybridized carbons (Fsp3) is 0.250. The van der Waals surface area contributed by atoms with Crippen molar-refractivity contribution in [2.75, 3.05) is 0 Å². The molecule has 84 valence electrons. The van der Waals surface area contributed by atoms with Crippen molar-refractivity contribution >= 4 is 23.2 Å². The molecule has 16 heavy (non-hydrogen) atoms. The van der Waals surface area contributed by atoms with Gasteiger partial charge in [-0.25, -0.2) is 0 Å². The van der Waals surface area contributed by atoms with Crippen molar-refractivity contribution in [3.8, 4) is 11.1 Å². The largest absolute Gasteiger partial charge is 0.272 e. The summed E-state index contributed by atoms with van der Waals surface area (Å²) in [6.07, 6.45) is 0. The second kappa shape index (κ2) is 4.11. The Balaban J connectivity index is 2.63. The van der Waals surface area contributed by atoms with Gasteiger partial charge in [-0.2, -0.15) is 5.10 Å². The van der Waals surface area contributed by atoms with Crippen LogP contribution >= 0.6 is 23.2 Å². The average Bonchev–Trinajstić information content (AvgIpc) is 2.47. The van der Waals surface area contributed by atoms with Crippen LogP contribution in [0.2, 0.25) is 10.0 Å². The highest BCUT2D eigenvalue weighted by atomic mass is 35.5. The van der Waals surface area contributed by atoms with Crippen LogP contribution in [0.4, 0.5) is 0 Å². The maximum Gasteiger partial charge on any atom is 0.0674 e. The Morgan fingerprint density at radius 3 is 2.31 bits per heavy atom. The molecular formula is C12H12Cl2N2. The van der Waals surface area contributed by atoms with Crippen LogP contribution < -0.4 is 0 Å². The molecule has 0 radical (unpaired) electrons. The van der Waals surface area contributed by atoms with E-state index in [-0.39, 0.29) is 0 Å². The number of halogens is 2. The SMILES string of the molecule is Cc1nn(C)c(C)c1-c1ccc(Cl)c(Cl)c1. The maximum atomic E-state index is 6.02. The van der Waals surface area contributed by atoms with Gasteiger partial charge in [0.05, 0.1) is 15.7 Å². The van der Waals surface area contributed by atoms with E-state index in [0.29, 0.717) is 10.0 Å². The molecule has 0 spiro atoms. The number of hydrogen-bond donors (Lipinski definition) is 0. The van der Waals surface area contributed by atoms with Gasteiger partial charge in [0.1, 0.15) is 0 Å². The first-order valence-electron chi connectivity index (χ1n) is 4.96. The van der Waals surface area contributed by atoms with Crippen molar-refractivity contribution < 1.29 is 0 Å². The maximum absolute atomic E-state index is 6.02. The molecule has 1 aromatic carbocycles. The molecule has 2 aromatic rings. The summed E-state index contributed by atoms with van der Waals surface area (Å²) < 4.78 is 1.87. The van der Waals surface area contributed by atoms with E-state index in [1.807, 2.05) is 43.8 Å². The molecule has 0 amide bonds. The van der Waals surface area contributed by atoms with Gasteiger partial charge in [0, 0.05) is 18.3 Å². The fourth-order valence-corrected chi connectivity index (χ4v) is 2.14. The van der Waals surface area contributed by atoms with Crippen molar-refractivity contribution in [1.82, 2.24) is 9.78 Å². The number of aromatic nitrogens is 2. The van der Waals surface area contributed by atoms with Crippen molar-refractivity contribution in [3.63, 3.8) is 0 Å². The highest BCUT2D eigenvalue weighted by Gasteiger charge is 2.12. The third-order valence-corrected chi connectivity index (χ3v) is 3.46. The van der Waals surface area contributed by atoms with E-state index >= 15 is 0 Å². The zero-order valence-corrected chi connectivity index (χ0v) is 10.9. The summed E-state index contributed by atoms with van der Waals surface area (Å²) in [6, 6.07) is 5.65. The van der Waals surface area contributed by atoms with Gasteiger partial charge >= 0.3 is 0 Å². The molecule has 0 N–H and O–H groups in total. The average molecular weight is 255 g/mol. The highest BCUT2D eigenvalue weighted by Crippen LogP contribution is 2.31. The Morgan fingerprint density at radius 2 is 1.81 bits per heavy atom. The Bertz CT molecular complexity index is 544. The third kappa shape index (κ3) is 1.83. The lowest BCUT2D eigenvalue weighted by Crippen LogP contribution is -1.92. The molecule has 0 atom stereocenters. The van der Waals surface area contributed by atoms with Crippen LogP contribution in [0.15, 0.2) is 18.2 Å². The molecule has 0 fully saturated rings.